The summed E-state index contributed by atoms with van der Waals surface area (Å²) in [7, 11) is 0. The number of aromatic nitrogens is 1. The lowest BCUT2D eigenvalue weighted by Crippen LogP contribution is -2.59. The Balaban J connectivity index is 1.44. The van der Waals surface area contributed by atoms with E-state index in [1.54, 1.807) is 18.2 Å². The van der Waals surface area contributed by atoms with Gasteiger partial charge in [-0.25, -0.2) is 0 Å². The van der Waals surface area contributed by atoms with E-state index in [4.69, 9.17) is 16.3 Å². The number of hydrogen-bond acceptors (Lipinski definition) is 4. The number of halogens is 1. The van der Waals surface area contributed by atoms with E-state index in [-0.39, 0.29) is 29.0 Å². The van der Waals surface area contributed by atoms with Crippen LogP contribution in [0.25, 0.3) is 10.9 Å². The zero-order valence-corrected chi connectivity index (χ0v) is 15.1. The number of ether oxygens (including phenoxy) is 1. The van der Waals surface area contributed by atoms with Crippen molar-refractivity contribution in [3.05, 3.63) is 45.2 Å². The number of carbonyl (C=O) groups is 1. The minimum absolute atomic E-state index is 0.0608. The predicted octanol–water partition coefficient (Wildman–Crippen LogP) is 2.21. The van der Waals surface area contributed by atoms with E-state index >= 15 is 0 Å². The van der Waals surface area contributed by atoms with Gasteiger partial charge in [0.1, 0.15) is 5.56 Å². The molecule has 1 aromatic heterocycles. The number of amides is 1. The number of nitrogens with one attached hydrogen (secondary N) is 3. The van der Waals surface area contributed by atoms with E-state index in [0.717, 1.165) is 38.9 Å². The van der Waals surface area contributed by atoms with Crippen molar-refractivity contribution in [3.8, 4) is 0 Å². The summed E-state index contributed by atoms with van der Waals surface area (Å²) in [6.07, 6.45) is 5.44. The highest BCUT2D eigenvalue weighted by Crippen LogP contribution is 2.23. The van der Waals surface area contributed by atoms with Crippen molar-refractivity contribution in [1.29, 1.82) is 0 Å². The van der Waals surface area contributed by atoms with Gasteiger partial charge >= 0.3 is 0 Å². The van der Waals surface area contributed by atoms with Crippen LogP contribution in [-0.4, -0.2) is 42.2 Å². The van der Waals surface area contributed by atoms with Gasteiger partial charge in [0.05, 0.1) is 5.52 Å². The second kappa shape index (κ2) is 7.39. The molecule has 0 unspecified atom stereocenters. The first kappa shape index (κ1) is 17.5. The Morgan fingerprint density at radius 1 is 1.15 bits per heavy atom. The molecule has 2 atom stereocenters. The highest BCUT2D eigenvalue weighted by molar-refractivity contribution is 6.31. The molecule has 3 N–H and O–H groups in total. The van der Waals surface area contributed by atoms with Crippen molar-refractivity contribution >= 4 is 28.4 Å². The van der Waals surface area contributed by atoms with Crippen LogP contribution in [-0.2, 0) is 4.74 Å². The largest absolute Gasteiger partial charge is 0.381 e. The molecule has 7 heteroatoms. The van der Waals surface area contributed by atoms with Crippen LogP contribution in [0.15, 0.2) is 29.2 Å². The van der Waals surface area contributed by atoms with E-state index in [0.29, 0.717) is 22.0 Å². The van der Waals surface area contributed by atoms with E-state index in [1.807, 2.05) is 0 Å². The highest BCUT2D eigenvalue weighted by Gasteiger charge is 2.34. The fourth-order valence-corrected chi connectivity index (χ4v) is 3.82. The first-order valence-electron chi connectivity index (χ1n) is 9.07. The van der Waals surface area contributed by atoms with Gasteiger partial charge in [-0.2, -0.15) is 0 Å². The summed E-state index contributed by atoms with van der Waals surface area (Å²) in [5.41, 5.74) is 0.486. The molecule has 1 aliphatic carbocycles. The minimum Gasteiger partial charge on any atom is -0.381 e. The molecule has 6 nitrogen and oxygen atoms in total. The summed E-state index contributed by atoms with van der Waals surface area (Å²) in [6.45, 7) is 1.58. The molecule has 1 aliphatic heterocycles. The first-order valence-corrected chi connectivity index (χ1v) is 9.45. The van der Waals surface area contributed by atoms with Crippen LogP contribution < -0.4 is 16.1 Å². The van der Waals surface area contributed by atoms with Gasteiger partial charge in [0.15, 0.2) is 0 Å². The van der Waals surface area contributed by atoms with Gasteiger partial charge in [-0.05, 0) is 43.9 Å². The van der Waals surface area contributed by atoms with Gasteiger partial charge in [0.2, 0.25) is 5.43 Å². The van der Waals surface area contributed by atoms with Crippen LogP contribution in [0.3, 0.4) is 0 Å². The van der Waals surface area contributed by atoms with Gasteiger partial charge in [-0.1, -0.05) is 11.6 Å². The molecule has 2 fully saturated rings. The molecule has 138 valence electrons. The zero-order chi connectivity index (χ0) is 18.1. The summed E-state index contributed by atoms with van der Waals surface area (Å²) < 4.78 is 5.38. The molecule has 1 aromatic carbocycles. The Morgan fingerprint density at radius 3 is 2.65 bits per heavy atom. The van der Waals surface area contributed by atoms with Crippen LogP contribution in [0.2, 0.25) is 5.02 Å². The lowest BCUT2D eigenvalue weighted by molar-refractivity contribution is 0.0652. The third-order valence-corrected chi connectivity index (χ3v) is 5.58. The Morgan fingerprint density at radius 2 is 1.92 bits per heavy atom. The zero-order valence-electron chi connectivity index (χ0n) is 14.4. The summed E-state index contributed by atoms with van der Waals surface area (Å²) in [5.74, 6) is -0.327. The molecule has 0 spiro atoms. The minimum atomic E-state index is -0.327. The second-order valence-corrected chi connectivity index (χ2v) is 7.47. The fraction of sp³-hybridized carbons (Fsp3) is 0.474. The van der Waals surface area contributed by atoms with E-state index < -0.39 is 0 Å². The molecule has 1 saturated carbocycles. The Kier molecular flexibility index (Phi) is 4.98. The molecular weight excluding hydrogens is 354 g/mol. The van der Waals surface area contributed by atoms with Crippen LogP contribution in [0.1, 0.15) is 36.0 Å². The third-order valence-electron chi connectivity index (χ3n) is 5.35. The summed E-state index contributed by atoms with van der Waals surface area (Å²) in [6, 6.07) is 5.75. The highest BCUT2D eigenvalue weighted by atomic mass is 35.5. The SMILES string of the molecule is O=C(N[C@@H]1CC[C@@H]1NC1CCOCC1)c1c[nH]c2cc(Cl)ccc2c1=O. The third kappa shape index (κ3) is 3.49. The van der Waals surface area contributed by atoms with Crippen LogP contribution >= 0.6 is 11.6 Å². The Bertz CT molecular complexity index is 876. The van der Waals surface area contributed by atoms with Crippen molar-refractivity contribution in [3.63, 3.8) is 0 Å². The first-order chi connectivity index (χ1) is 12.6. The quantitative estimate of drug-likeness (QED) is 0.765. The number of rotatable bonds is 4. The van der Waals surface area contributed by atoms with Gasteiger partial charge in [0, 0.05) is 47.9 Å². The normalized spacial score (nSPS) is 23.6. The number of pyridine rings is 1. The van der Waals surface area contributed by atoms with Gasteiger partial charge in [-0.3, -0.25) is 9.59 Å². The number of hydrogen-bond donors (Lipinski definition) is 3. The summed E-state index contributed by atoms with van der Waals surface area (Å²) in [4.78, 5) is 28.2. The van der Waals surface area contributed by atoms with Crippen molar-refractivity contribution in [1.82, 2.24) is 15.6 Å². The number of H-pyrrole nitrogens is 1. The van der Waals surface area contributed by atoms with E-state index in [9.17, 15) is 9.59 Å². The molecule has 2 aromatic rings. The molecule has 4 rings (SSSR count). The summed E-state index contributed by atoms with van der Waals surface area (Å²) >= 11 is 5.95. The Hall–Kier alpha value is -1.89. The van der Waals surface area contributed by atoms with Gasteiger partial charge < -0.3 is 20.4 Å². The Labute approximate surface area is 156 Å². The number of aromatic amines is 1. The lowest BCUT2D eigenvalue weighted by atomic mass is 9.85. The van der Waals surface area contributed by atoms with E-state index in [1.165, 1.54) is 6.20 Å². The number of carbonyl (C=O) groups excluding carboxylic acids is 1. The van der Waals surface area contributed by atoms with Crippen LogP contribution in [0, 0.1) is 0 Å². The molecule has 0 radical (unpaired) electrons. The molecule has 26 heavy (non-hydrogen) atoms. The van der Waals surface area contributed by atoms with Gasteiger partial charge in [-0.15, -0.1) is 0 Å². The molecule has 1 saturated heterocycles. The average Bonchev–Trinajstić information content (AvgIpc) is 2.64. The predicted molar refractivity (Wildman–Crippen MR) is 101 cm³/mol. The maximum atomic E-state index is 12.6. The monoisotopic (exact) mass is 375 g/mol. The summed E-state index contributed by atoms with van der Waals surface area (Å²) in [5, 5.41) is 7.64. The maximum Gasteiger partial charge on any atom is 0.257 e. The number of fused-ring (bicyclic) bond motifs is 1. The molecule has 2 heterocycles. The molecule has 0 bridgehead atoms. The van der Waals surface area contributed by atoms with Gasteiger partial charge in [0.25, 0.3) is 5.91 Å². The molecular formula is C19H22ClN3O3. The molecule has 1 amide bonds. The lowest BCUT2D eigenvalue weighted by Gasteiger charge is -2.41. The average molecular weight is 376 g/mol. The van der Waals surface area contributed by atoms with Crippen molar-refractivity contribution in [2.75, 3.05) is 13.2 Å². The topological polar surface area (TPSA) is 83.2 Å². The van der Waals surface area contributed by atoms with Crippen molar-refractivity contribution in [2.45, 2.75) is 43.8 Å². The molecule has 2 aliphatic rings. The maximum absolute atomic E-state index is 12.6. The number of benzene rings is 1. The fourth-order valence-electron chi connectivity index (χ4n) is 3.65. The van der Waals surface area contributed by atoms with Crippen molar-refractivity contribution < 1.29 is 9.53 Å². The standard InChI is InChI=1S/C19H22ClN3O3/c20-11-1-2-13-17(9-11)21-10-14(18(13)24)19(25)23-16-4-3-15(16)22-12-5-7-26-8-6-12/h1-2,9-10,12,15-16,22H,3-8H2,(H,21,24)(H,23,25)/t15-,16+/m0/s1. The van der Waals surface area contributed by atoms with Crippen LogP contribution in [0.5, 0.6) is 0 Å². The van der Waals surface area contributed by atoms with Crippen LogP contribution in [0.4, 0.5) is 0 Å². The second-order valence-electron chi connectivity index (χ2n) is 7.04. The van der Waals surface area contributed by atoms with E-state index in [2.05, 4.69) is 15.6 Å². The van der Waals surface area contributed by atoms with Crippen molar-refractivity contribution in [2.24, 2.45) is 0 Å². The smallest absolute Gasteiger partial charge is 0.257 e.